The predicted molar refractivity (Wildman–Crippen MR) is 93.7 cm³/mol. The van der Waals surface area contributed by atoms with Crippen LogP contribution in [0.25, 0.3) is 11.4 Å². The van der Waals surface area contributed by atoms with Crippen molar-refractivity contribution in [1.29, 1.82) is 0 Å². The molecule has 0 aliphatic carbocycles. The molecule has 3 aromatic rings. The average molecular weight is 341 g/mol. The van der Waals surface area contributed by atoms with Crippen molar-refractivity contribution in [1.82, 2.24) is 15.5 Å². The average Bonchev–Trinajstić information content (AvgIpc) is 3.25. The van der Waals surface area contributed by atoms with E-state index in [0.717, 1.165) is 11.1 Å². The van der Waals surface area contributed by atoms with Gasteiger partial charge in [-0.1, -0.05) is 35.0 Å². The normalized spacial score (nSPS) is 12.1. The van der Waals surface area contributed by atoms with Crippen molar-refractivity contribution in [2.75, 3.05) is 0 Å². The van der Waals surface area contributed by atoms with Gasteiger partial charge in [-0.05, 0) is 30.9 Å². The van der Waals surface area contributed by atoms with Crippen LogP contribution in [0.1, 0.15) is 36.4 Å². The van der Waals surface area contributed by atoms with E-state index < -0.39 is 0 Å². The van der Waals surface area contributed by atoms with E-state index in [1.807, 2.05) is 54.9 Å². The minimum atomic E-state index is -0.0293. The second-order valence-corrected chi connectivity index (χ2v) is 6.50. The smallest absolute Gasteiger partial charge is 0.227 e. The van der Waals surface area contributed by atoms with E-state index in [9.17, 15) is 4.79 Å². The first-order valence-corrected chi connectivity index (χ1v) is 8.77. The summed E-state index contributed by atoms with van der Waals surface area (Å²) in [4.78, 5) is 16.4. The lowest BCUT2D eigenvalue weighted by Crippen LogP contribution is -2.26. The Morgan fingerprint density at radius 1 is 1.29 bits per heavy atom. The number of carbonyl (C=O) groups excluding carboxylic acids is 1. The lowest BCUT2D eigenvalue weighted by molar-refractivity contribution is -0.121. The van der Waals surface area contributed by atoms with Gasteiger partial charge in [0.15, 0.2) is 0 Å². The molecule has 1 unspecified atom stereocenters. The van der Waals surface area contributed by atoms with E-state index in [2.05, 4.69) is 15.5 Å². The van der Waals surface area contributed by atoms with Crippen molar-refractivity contribution >= 4 is 17.2 Å². The molecular formula is C18H19N3O2S. The third-order valence-corrected chi connectivity index (χ3v) is 4.45. The Labute approximate surface area is 144 Å². The summed E-state index contributed by atoms with van der Waals surface area (Å²) >= 11 is 1.58. The second-order valence-electron chi connectivity index (χ2n) is 5.72. The summed E-state index contributed by atoms with van der Waals surface area (Å²) < 4.78 is 5.21. The number of aryl methyl sites for hydroxylation is 2. The van der Waals surface area contributed by atoms with Gasteiger partial charge in [0, 0.05) is 23.8 Å². The van der Waals surface area contributed by atoms with E-state index in [0.29, 0.717) is 24.6 Å². The molecule has 1 atom stereocenters. The van der Waals surface area contributed by atoms with Crippen molar-refractivity contribution in [3.05, 3.63) is 58.1 Å². The number of hydrogen-bond donors (Lipinski definition) is 1. The molecule has 0 aliphatic heterocycles. The zero-order valence-electron chi connectivity index (χ0n) is 13.7. The number of carbonyl (C=O) groups is 1. The summed E-state index contributed by atoms with van der Waals surface area (Å²) in [6, 6.07) is 10.1. The van der Waals surface area contributed by atoms with Gasteiger partial charge in [0.1, 0.15) is 0 Å². The Hall–Kier alpha value is -2.47. The van der Waals surface area contributed by atoms with Crippen molar-refractivity contribution in [3.8, 4) is 11.4 Å². The number of nitrogens with zero attached hydrogens (tertiary/aromatic N) is 2. The number of hydrogen-bond acceptors (Lipinski definition) is 5. The molecular weight excluding hydrogens is 322 g/mol. The van der Waals surface area contributed by atoms with Crippen molar-refractivity contribution in [2.24, 2.45) is 0 Å². The quantitative estimate of drug-likeness (QED) is 0.738. The minimum Gasteiger partial charge on any atom is -0.350 e. The fourth-order valence-electron chi connectivity index (χ4n) is 2.34. The van der Waals surface area contributed by atoms with E-state index >= 15 is 0 Å². The van der Waals surface area contributed by atoms with Crippen LogP contribution in [0.3, 0.4) is 0 Å². The van der Waals surface area contributed by atoms with Crippen molar-refractivity contribution in [3.63, 3.8) is 0 Å². The highest BCUT2D eigenvalue weighted by Crippen LogP contribution is 2.19. The lowest BCUT2D eigenvalue weighted by Gasteiger charge is -2.14. The molecule has 1 amide bonds. The SMILES string of the molecule is Cc1ccc(C(C)NC(=O)CCc2nc(-c3ccsc3)no2)cc1. The Morgan fingerprint density at radius 2 is 2.08 bits per heavy atom. The first-order chi connectivity index (χ1) is 11.6. The largest absolute Gasteiger partial charge is 0.350 e. The first-order valence-electron chi connectivity index (χ1n) is 7.83. The maximum atomic E-state index is 12.1. The highest BCUT2D eigenvalue weighted by molar-refractivity contribution is 7.08. The zero-order valence-corrected chi connectivity index (χ0v) is 14.5. The van der Waals surface area contributed by atoms with Crippen LogP contribution >= 0.6 is 11.3 Å². The van der Waals surface area contributed by atoms with Crippen LogP contribution in [-0.4, -0.2) is 16.0 Å². The number of nitrogens with one attached hydrogen (secondary N) is 1. The maximum Gasteiger partial charge on any atom is 0.227 e. The molecule has 1 N–H and O–H groups in total. The summed E-state index contributed by atoms with van der Waals surface area (Å²) in [6.45, 7) is 4.02. The molecule has 0 spiro atoms. The van der Waals surface area contributed by atoms with Crippen LogP contribution in [0.15, 0.2) is 45.6 Å². The summed E-state index contributed by atoms with van der Waals surface area (Å²) in [5.41, 5.74) is 3.23. The molecule has 0 radical (unpaired) electrons. The van der Waals surface area contributed by atoms with Crippen LogP contribution in [0.5, 0.6) is 0 Å². The van der Waals surface area contributed by atoms with Crippen LogP contribution in [0, 0.1) is 6.92 Å². The molecule has 0 saturated carbocycles. The van der Waals surface area contributed by atoms with Gasteiger partial charge in [0.2, 0.25) is 17.6 Å². The molecule has 0 aliphatic rings. The standard InChI is InChI=1S/C18H19N3O2S/c1-12-3-5-14(6-4-12)13(2)19-16(22)7-8-17-20-18(21-23-17)15-9-10-24-11-15/h3-6,9-11,13H,7-8H2,1-2H3,(H,19,22). The molecule has 124 valence electrons. The number of rotatable bonds is 6. The molecule has 0 bridgehead atoms. The molecule has 1 aromatic carbocycles. The molecule has 3 rings (SSSR count). The minimum absolute atomic E-state index is 0.0258. The Morgan fingerprint density at radius 3 is 2.79 bits per heavy atom. The number of benzene rings is 1. The highest BCUT2D eigenvalue weighted by atomic mass is 32.1. The first kappa shape index (κ1) is 16.4. The van der Waals surface area contributed by atoms with Gasteiger partial charge in [-0.2, -0.15) is 16.3 Å². The second kappa shape index (κ2) is 7.40. The highest BCUT2D eigenvalue weighted by Gasteiger charge is 2.13. The summed E-state index contributed by atoms with van der Waals surface area (Å²) in [6.07, 6.45) is 0.755. The van der Waals surface area contributed by atoms with E-state index in [4.69, 9.17) is 4.52 Å². The number of thiophene rings is 1. The molecule has 6 heteroatoms. The number of aromatic nitrogens is 2. The van der Waals surface area contributed by atoms with Crippen LogP contribution in [-0.2, 0) is 11.2 Å². The third kappa shape index (κ3) is 4.08. The molecule has 2 aromatic heterocycles. The van der Waals surface area contributed by atoms with Gasteiger partial charge in [0.25, 0.3) is 0 Å². The van der Waals surface area contributed by atoms with Gasteiger partial charge in [-0.15, -0.1) is 0 Å². The lowest BCUT2D eigenvalue weighted by atomic mass is 10.1. The topological polar surface area (TPSA) is 68.0 Å². The van der Waals surface area contributed by atoms with Gasteiger partial charge in [-0.3, -0.25) is 4.79 Å². The predicted octanol–water partition coefficient (Wildman–Crippen LogP) is 3.92. The maximum absolute atomic E-state index is 12.1. The zero-order chi connectivity index (χ0) is 16.9. The molecule has 24 heavy (non-hydrogen) atoms. The van der Waals surface area contributed by atoms with E-state index in [-0.39, 0.29) is 11.9 Å². The van der Waals surface area contributed by atoms with Crippen LogP contribution < -0.4 is 5.32 Å². The fraction of sp³-hybridized carbons (Fsp3) is 0.278. The van der Waals surface area contributed by atoms with Gasteiger partial charge < -0.3 is 9.84 Å². The molecule has 0 saturated heterocycles. The molecule has 2 heterocycles. The summed E-state index contributed by atoms with van der Waals surface area (Å²) in [7, 11) is 0. The van der Waals surface area contributed by atoms with Crippen LogP contribution in [0.4, 0.5) is 0 Å². The van der Waals surface area contributed by atoms with Crippen LogP contribution in [0.2, 0.25) is 0 Å². The van der Waals surface area contributed by atoms with E-state index in [1.54, 1.807) is 11.3 Å². The van der Waals surface area contributed by atoms with Gasteiger partial charge >= 0.3 is 0 Å². The van der Waals surface area contributed by atoms with Crippen molar-refractivity contribution in [2.45, 2.75) is 32.7 Å². The fourth-order valence-corrected chi connectivity index (χ4v) is 2.97. The van der Waals surface area contributed by atoms with E-state index in [1.165, 1.54) is 5.56 Å². The van der Waals surface area contributed by atoms with Crippen molar-refractivity contribution < 1.29 is 9.32 Å². The Balaban J connectivity index is 1.51. The third-order valence-electron chi connectivity index (χ3n) is 3.77. The molecule has 5 nitrogen and oxygen atoms in total. The monoisotopic (exact) mass is 341 g/mol. The summed E-state index contributed by atoms with van der Waals surface area (Å²) in [5.74, 6) is 1.02. The Bertz CT molecular complexity index is 794. The van der Waals surface area contributed by atoms with Gasteiger partial charge in [-0.25, -0.2) is 0 Å². The van der Waals surface area contributed by atoms with Gasteiger partial charge in [0.05, 0.1) is 6.04 Å². The Kier molecular flexibility index (Phi) is 5.05. The molecule has 0 fully saturated rings. The number of amides is 1. The summed E-state index contributed by atoms with van der Waals surface area (Å²) in [5, 5.41) is 10.9.